The number of carbonyl (C=O) groups excluding carboxylic acids is 1. The second-order valence-electron chi connectivity index (χ2n) is 3.37. The third-order valence-electron chi connectivity index (χ3n) is 2.13. The summed E-state index contributed by atoms with van der Waals surface area (Å²) in [5, 5.41) is 2.72. The molecule has 0 aliphatic heterocycles. The van der Waals surface area contributed by atoms with Crippen LogP contribution in [0.15, 0.2) is 12.3 Å². The van der Waals surface area contributed by atoms with Crippen LogP contribution in [0.1, 0.15) is 10.5 Å². The zero-order valence-electron chi connectivity index (χ0n) is 9.45. The van der Waals surface area contributed by atoms with Crippen molar-refractivity contribution in [2.75, 3.05) is 33.1 Å². The molecule has 16 heavy (non-hydrogen) atoms. The predicted molar refractivity (Wildman–Crippen MR) is 60.2 cm³/mol. The van der Waals surface area contributed by atoms with E-state index in [2.05, 4.69) is 10.3 Å². The van der Waals surface area contributed by atoms with Crippen LogP contribution in [0.3, 0.4) is 0 Å². The van der Waals surface area contributed by atoms with Crippen molar-refractivity contribution in [1.29, 1.82) is 0 Å². The summed E-state index contributed by atoms with van der Waals surface area (Å²) in [6, 6.07) is 1.58. The van der Waals surface area contributed by atoms with Crippen LogP contribution in [0.25, 0.3) is 0 Å². The fraction of sp³-hybridized carbons (Fsp3) is 0.500. The normalized spacial score (nSPS) is 12.4. The van der Waals surface area contributed by atoms with E-state index in [9.17, 15) is 4.79 Å². The summed E-state index contributed by atoms with van der Waals surface area (Å²) in [6.45, 7) is 0.825. The molecule has 0 aliphatic carbocycles. The highest BCUT2D eigenvalue weighted by Gasteiger charge is 2.11. The molecular weight excluding hydrogens is 210 g/mol. The Morgan fingerprint density at radius 1 is 1.62 bits per heavy atom. The summed E-state index contributed by atoms with van der Waals surface area (Å²) in [7, 11) is 3.15. The first-order valence-corrected chi connectivity index (χ1v) is 4.91. The lowest BCUT2D eigenvalue weighted by atomic mass is 10.3. The van der Waals surface area contributed by atoms with Gasteiger partial charge >= 0.3 is 0 Å². The zero-order chi connectivity index (χ0) is 12.0. The number of anilines is 1. The van der Waals surface area contributed by atoms with Gasteiger partial charge in [-0.1, -0.05) is 0 Å². The fourth-order valence-electron chi connectivity index (χ4n) is 1.24. The van der Waals surface area contributed by atoms with Gasteiger partial charge in [0.2, 0.25) is 0 Å². The molecule has 1 aromatic heterocycles. The van der Waals surface area contributed by atoms with Crippen molar-refractivity contribution in [3.63, 3.8) is 0 Å². The number of hydrogen-bond donors (Lipinski definition) is 3. The Kier molecular flexibility index (Phi) is 4.81. The molecule has 0 saturated carbocycles. The lowest BCUT2D eigenvalue weighted by Crippen LogP contribution is -2.35. The first kappa shape index (κ1) is 12.5. The monoisotopic (exact) mass is 227 g/mol. The van der Waals surface area contributed by atoms with Gasteiger partial charge in [-0.2, -0.15) is 0 Å². The number of rotatable bonds is 6. The molecule has 1 rings (SSSR count). The van der Waals surface area contributed by atoms with E-state index in [1.165, 1.54) is 0 Å². The average molecular weight is 227 g/mol. The van der Waals surface area contributed by atoms with Gasteiger partial charge in [0.05, 0.1) is 12.7 Å². The van der Waals surface area contributed by atoms with Gasteiger partial charge in [0, 0.05) is 32.6 Å². The summed E-state index contributed by atoms with van der Waals surface area (Å²) < 4.78 is 10.0. The van der Waals surface area contributed by atoms with Crippen molar-refractivity contribution in [1.82, 2.24) is 10.3 Å². The van der Waals surface area contributed by atoms with Crippen molar-refractivity contribution in [2.45, 2.75) is 6.10 Å². The minimum absolute atomic E-state index is 0.152. The standard InChI is InChI=1S/C10H17N3O3/c1-15-6-8(16-2)5-13-10(14)9-3-7(11)4-12-9/h3-4,8,12H,5-6,11H2,1-2H3,(H,13,14). The fourth-order valence-corrected chi connectivity index (χ4v) is 1.24. The quantitative estimate of drug-likeness (QED) is 0.637. The van der Waals surface area contributed by atoms with Gasteiger partial charge in [0.15, 0.2) is 0 Å². The summed E-state index contributed by atoms with van der Waals surface area (Å²) in [5.41, 5.74) is 6.46. The van der Waals surface area contributed by atoms with Crippen molar-refractivity contribution < 1.29 is 14.3 Å². The second kappa shape index (κ2) is 6.14. The number of hydrogen-bond acceptors (Lipinski definition) is 4. The van der Waals surface area contributed by atoms with Crippen molar-refractivity contribution in [3.05, 3.63) is 18.0 Å². The Morgan fingerprint density at radius 3 is 2.88 bits per heavy atom. The highest BCUT2D eigenvalue weighted by molar-refractivity contribution is 5.93. The molecule has 6 heteroatoms. The maximum absolute atomic E-state index is 11.6. The minimum atomic E-state index is -0.213. The summed E-state index contributed by atoms with van der Waals surface area (Å²) in [5.74, 6) is -0.213. The van der Waals surface area contributed by atoms with E-state index in [0.29, 0.717) is 24.5 Å². The minimum Gasteiger partial charge on any atom is -0.397 e. The SMILES string of the molecule is COCC(CNC(=O)c1cc(N)c[nH]1)OC. The molecule has 1 unspecified atom stereocenters. The molecule has 0 bridgehead atoms. The Balaban J connectivity index is 2.40. The number of nitrogens with two attached hydrogens (primary N) is 1. The van der Waals surface area contributed by atoms with Gasteiger partial charge in [0.25, 0.3) is 5.91 Å². The molecule has 6 nitrogen and oxygen atoms in total. The topological polar surface area (TPSA) is 89.4 Å². The Labute approximate surface area is 94.1 Å². The molecule has 0 aromatic carbocycles. The van der Waals surface area contributed by atoms with Crippen LogP contribution in [0.5, 0.6) is 0 Å². The van der Waals surface area contributed by atoms with Crippen LogP contribution in [0, 0.1) is 0 Å². The van der Waals surface area contributed by atoms with Gasteiger partial charge in [-0.3, -0.25) is 4.79 Å². The number of nitrogens with one attached hydrogen (secondary N) is 2. The van der Waals surface area contributed by atoms with Gasteiger partial charge < -0.3 is 25.5 Å². The van der Waals surface area contributed by atoms with Gasteiger partial charge in [-0.05, 0) is 6.07 Å². The van der Waals surface area contributed by atoms with E-state index < -0.39 is 0 Å². The third kappa shape index (κ3) is 3.56. The molecule has 1 atom stereocenters. The molecule has 1 aromatic rings. The van der Waals surface area contributed by atoms with Crippen LogP contribution in [0.2, 0.25) is 0 Å². The molecule has 0 fully saturated rings. The molecule has 0 radical (unpaired) electrons. The van der Waals surface area contributed by atoms with Gasteiger partial charge in [0.1, 0.15) is 5.69 Å². The Morgan fingerprint density at radius 2 is 2.38 bits per heavy atom. The van der Waals surface area contributed by atoms with E-state index in [1.54, 1.807) is 26.5 Å². The molecule has 0 aliphatic rings. The molecule has 0 saturated heterocycles. The maximum atomic E-state index is 11.6. The smallest absolute Gasteiger partial charge is 0.267 e. The number of methoxy groups -OCH3 is 2. The van der Waals surface area contributed by atoms with Crippen LogP contribution in [-0.2, 0) is 9.47 Å². The highest BCUT2D eigenvalue weighted by Crippen LogP contribution is 2.04. The predicted octanol–water partition coefficient (Wildman–Crippen LogP) is -0.0119. The Bertz CT molecular complexity index is 338. The van der Waals surface area contributed by atoms with Crippen LogP contribution < -0.4 is 11.1 Å². The lowest BCUT2D eigenvalue weighted by Gasteiger charge is -2.14. The largest absolute Gasteiger partial charge is 0.397 e. The zero-order valence-corrected chi connectivity index (χ0v) is 9.45. The van der Waals surface area contributed by atoms with Crippen LogP contribution >= 0.6 is 0 Å². The summed E-state index contributed by atoms with van der Waals surface area (Å²) >= 11 is 0. The number of aromatic nitrogens is 1. The number of amides is 1. The number of aromatic amines is 1. The molecule has 90 valence electrons. The van der Waals surface area contributed by atoms with Crippen molar-refractivity contribution >= 4 is 11.6 Å². The first-order chi connectivity index (χ1) is 7.67. The van der Waals surface area contributed by atoms with Gasteiger partial charge in [-0.15, -0.1) is 0 Å². The van der Waals surface area contributed by atoms with E-state index in [1.807, 2.05) is 0 Å². The first-order valence-electron chi connectivity index (χ1n) is 4.91. The number of nitrogen functional groups attached to an aromatic ring is 1. The Hall–Kier alpha value is -1.53. The van der Waals surface area contributed by atoms with Crippen molar-refractivity contribution in [2.24, 2.45) is 0 Å². The van der Waals surface area contributed by atoms with E-state index in [-0.39, 0.29) is 12.0 Å². The van der Waals surface area contributed by atoms with Crippen LogP contribution in [0.4, 0.5) is 5.69 Å². The van der Waals surface area contributed by atoms with Crippen molar-refractivity contribution in [3.8, 4) is 0 Å². The average Bonchev–Trinajstić information content (AvgIpc) is 2.70. The number of H-pyrrole nitrogens is 1. The third-order valence-corrected chi connectivity index (χ3v) is 2.13. The number of carbonyl (C=O) groups is 1. The number of ether oxygens (including phenoxy) is 2. The molecule has 1 amide bonds. The van der Waals surface area contributed by atoms with E-state index in [4.69, 9.17) is 15.2 Å². The molecule has 0 spiro atoms. The highest BCUT2D eigenvalue weighted by atomic mass is 16.5. The lowest BCUT2D eigenvalue weighted by molar-refractivity contribution is 0.0285. The van der Waals surface area contributed by atoms with Gasteiger partial charge in [-0.25, -0.2) is 0 Å². The van der Waals surface area contributed by atoms with E-state index >= 15 is 0 Å². The molecular formula is C10H17N3O3. The summed E-state index contributed by atoms with van der Waals surface area (Å²) in [4.78, 5) is 14.4. The second-order valence-corrected chi connectivity index (χ2v) is 3.37. The summed E-state index contributed by atoms with van der Waals surface area (Å²) in [6.07, 6.45) is 1.42. The maximum Gasteiger partial charge on any atom is 0.267 e. The van der Waals surface area contributed by atoms with E-state index in [0.717, 1.165) is 0 Å². The molecule has 4 N–H and O–H groups in total. The molecule has 1 heterocycles. The van der Waals surface area contributed by atoms with Crippen LogP contribution in [-0.4, -0.2) is 44.4 Å².